The van der Waals surface area contributed by atoms with Crippen molar-refractivity contribution in [1.29, 1.82) is 0 Å². The molecule has 0 spiro atoms. The van der Waals surface area contributed by atoms with Crippen molar-refractivity contribution in [3.05, 3.63) is 156 Å². The van der Waals surface area contributed by atoms with E-state index in [9.17, 15) is 5.11 Å². The van der Waals surface area contributed by atoms with Gasteiger partial charge in [0.05, 0.1) is 25.4 Å². The van der Waals surface area contributed by atoms with Gasteiger partial charge in [-0.3, -0.25) is 4.90 Å². The third kappa shape index (κ3) is 4.96. The number of benzene rings is 5. The summed E-state index contributed by atoms with van der Waals surface area (Å²) in [6.07, 6.45) is -0.567. The first kappa shape index (κ1) is 26.4. The Labute approximate surface area is 236 Å². The first-order valence-corrected chi connectivity index (χ1v) is 14.1. The zero-order valence-electron chi connectivity index (χ0n) is 22.6. The number of fused-ring (bicyclic) bond motifs is 1. The van der Waals surface area contributed by atoms with Gasteiger partial charge < -0.3 is 14.6 Å². The molecule has 0 aliphatic carbocycles. The van der Waals surface area contributed by atoms with Crippen LogP contribution in [-0.4, -0.2) is 49.0 Å². The monoisotopic (exact) mass is 529 g/mol. The molecule has 40 heavy (non-hydrogen) atoms. The highest BCUT2D eigenvalue weighted by molar-refractivity contribution is 5.86. The van der Waals surface area contributed by atoms with Gasteiger partial charge in [-0.15, -0.1) is 0 Å². The summed E-state index contributed by atoms with van der Waals surface area (Å²) in [6, 6.07) is 47.1. The molecule has 0 bridgehead atoms. The Morgan fingerprint density at radius 2 is 1.27 bits per heavy atom. The summed E-state index contributed by atoms with van der Waals surface area (Å²) in [5.74, 6) is 0. The molecule has 4 heteroatoms. The molecule has 5 aromatic carbocycles. The molecule has 6 rings (SSSR count). The van der Waals surface area contributed by atoms with Gasteiger partial charge in [-0.05, 0) is 33.0 Å². The molecule has 1 fully saturated rings. The van der Waals surface area contributed by atoms with E-state index < -0.39 is 5.54 Å². The van der Waals surface area contributed by atoms with Gasteiger partial charge in [-0.2, -0.15) is 0 Å². The van der Waals surface area contributed by atoms with Crippen molar-refractivity contribution < 1.29 is 14.6 Å². The van der Waals surface area contributed by atoms with Crippen LogP contribution in [0.5, 0.6) is 0 Å². The lowest BCUT2D eigenvalue weighted by molar-refractivity contribution is -0.128. The lowest BCUT2D eigenvalue weighted by atomic mass is 9.75. The van der Waals surface area contributed by atoms with Gasteiger partial charge in [0.1, 0.15) is 12.2 Å². The molecule has 1 heterocycles. The summed E-state index contributed by atoms with van der Waals surface area (Å²) < 4.78 is 12.9. The van der Waals surface area contributed by atoms with Gasteiger partial charge in [0.15, 0.2) is 0 Å². The number of hydrogen-bond donors (Lipinski definition) is 1. The van der Waals surface area contributed by atoms with Crippen LogP contribution < -0.4 is 0 Å². The number of aliphatic hydroxyl groups is 1. The van der Waals surface area contributed by atoms with Gasteiger partial charge in [0, 0.05) is 13.1 Å². The van der Waals surface area contributed by atoms with E-state index in [1.807, 2.05) is 0 Å². The molecule has 1 aliphatic heterocycles. The average Bonchev–Trinajstić information content (AvgIpc) is 3.04. The summed E-state index contributed by atoms with van der Waals surface area (Å²) in [4.78, 5) is 2.56. The number of aliphatic hydroxyl groups excluding tert-OH is 1. The first-order chi connectivity index (χ1) is 19.8. The summed E-state index contributed by atoms with van der Waals surface area (Å²) in [7, 11) is 0. The Balaban J connectivity index is 1.48. The zero-order valence-corrected chi connectivity index (χ0v) is 22.6. The van der Waals surface area contributed by atoms with E-state index in [4.69, 9.17) is 9.47 Å². The molecule has 0 aromatic heterocycles. The molecule has 2 unspecified atom stereocenters. The van der Waals surface area contributed by atoms with Crippen LogP contribution in [0.2, 0.25) is 0 Å². The van der Waals surface area contributed by atoms with E-state index in [1.165, 1.54) is 16.7 Å². The highest BCUT2D eigenvalue weighted by atomic mass is 16.5. The van der Waals surface area contributed by atoms with Gasteiger partial charge in [-0.1, -0.05) is 133 Å². The van der Waals surface area contributed by atoms with Crippen molar-refractivity contribution in [1.82, 2.24) is 4.90 Å². The minimum atomic E-state index is -0.522. The van der Waals surface area contributed by atoms with Crippen LogP contribution in [0.4, 0.5) is 0 Å². The second kappa shape index (κ2) is 12.2. The fourth-order valence-electron chi connectivity index (χ4n) is 6.32. The Morgan fingerprint density at radius 1 is 0.725 bits per heavy atom. The summed E-state index contributed by atoms with van der Waals surface area (Å²) >= 11 is 0. The van der Waals surface area contributed by atoms with Crippen LogP contribution in [0.1, 0.15) is 28.4 Å². The molecule has 0 radical (unpaired) electrons. The number of hydrogen-bond acceptors (Lipinski definition) is 4. The largest absolute Gasteiger partial charge is 0.394 e. The quantitative estimate of drug-likeness (QED) is 0.219. The Hall–Kier alpha value is -3.80. The maximum atomic E-state index is 9.72. The summed E-state index contributed by atoms with van der Waals surface area (Å²) in [5.41, 5.74) is 4.21. The van der Waals surface area contributed by atoms with Crippen molar-refractivity contribution in [2.45, 2.75) is 17.7 Å². The van der Waals surface area contributed by atoms with Crippen LogP contribution in [0, 0.1) is 0 Å². The minimum Gasteiger partial charge on any atom is -0.394 e. The molecular formula is C36H35NO3. The highest BCUT2D eigenvalue weighted by Gasteiger charge is 2.45. The number of nitrogens with zero attached hydrogens (tertiary/aromatic N) is 1. The maximum Gasteiger partial charge on any atom is 0.111 e. The van der Waals surface area contributed by atoms with E-state index >= 15 is 0 Å². The topological polar surface area (TPSA) is 41.9 Å². The van der Waals surface area contributed by atoms with E-state index in [1.54, 1.807) is 0 Å². The molecule has 0 saturated carbocycles. The van der Waals surface area contributed by atoms with Crippen LogP contribution >= 0.6 is 0 Å². The molecule has 1 saturated heterocycles. The Kier molecular flexibility index (Phi) is 8.03. The van der Waals surface area contributed by atoms with E-state index in [-0.39, 0.29) is 25.4 Å². The van der Waals surface area contributed by atoms with Crippen LogP contribution in [0.25, 0.3) is 10.8 Å². The first-order valence-electron chi connectivity index (χ1n) is 14.1. The standard InChI is InChI=1S/C36H35NO3/c38-24-26-40-35(33-22-12-14-28-13-10-11-21-32(28)33)34-27-37(23-25-39-34)36(29-15-4-1-5-16-29,30-17-6-2-7-18-30)31-19-8-3-9-20-31/h1-22,34-35,38H,23-27H2. The minimum absolute atomic E-state index is 0.0420. The number of rotatable bonds is 9. The van der Waals surface area contributed by atoms with E-state index in [2.05, 4.69) is 138 Å². The molecule has 202 valence electrons. The molecule has 1 N–H and O–H groups in total. The molecule has 1 aliphatic rings. The number of morpholine rings is 1. The van der Waals surface area contributed by atoms with Crippen LogP contribution in [0.3, 0.4) is 0 Å². The lowest BCUT2D eigenvalue weighted by Gasteiger charge is -2.49. The predicted molar refractivity (Wildman–Crippen MR) is 160 cm³/mol. The molecule has 5 aromatic rings. The number of ether oxygens (including phenoxy) is 2. The fourth-order valence-corrected chi connectivity index (χ4v) is 6.32. The SMILES string of the molecule is OCCOC(c1cccc2ccccc12)C1CN(C(c2ccccc2)(c2ccccc2)c2ccccc2)CCO1. The van der Waals surface area contributed by atoms with Crippen molar-refractivity contribution in [3.63, 3.8) is 0 Å². The van der Waals surface area contributed by atoms with Gasteiger partial charge >= 0.3 is 0 Å². The lowest BCUT2D eigenvalue weighted by Crippen LogP contribution is -2.56. The Bertz CT molecular complexity index is 1410. The molecular weight excluding hydrogens is 494 g/mol. The molecule has 0 amide bonds. The fraction of sp³-hybridized carbons (Fsp3) is 0.222. The molecule has 4 nitrogen and oxygen atoms in total. The third-order valence-corrected chi connectivity index (χ3v) is 8.00. The van der Waals surface area contributed by atoms with E-state index in [0.29, 0.717) is 13.2 Å². The van der Waals surface area contributed by atoms with Crippen molar-refractivity contribution in [2.24, 2.45) is 0 Å². The van der Waals surface area contributed by atoms with Gasteiger partial charge in [0.25, 0.3) is 0 Å². The Morgan fingerprint density at radius 3 is 1.88 bits per heavy atom. The van der Waals surface area contributed by atoms with E-state index in [0.717, 1.165) is 22.9 Å². The smallest absolute Gasteiger partial charge is 0.111 e. The second-order valence-corrected chi connectivity index (χ2v) is 10.2. The normalized spacial score (nSPS) is 17.1. The maximum absolute atomic E-state index is 9.72. The summed E-state index contributed by atoms with van der Waals surface area (Å²) in [6.45, 7) is 2.19. The average molecular weight is 530 g/mol. The van der Waals surface area contributed by atoms with Crippen molar-refractivity contribution >= 4 is 10.8 Å². The van der Waals surface area contributed by atoms with Gasteiger partial charge in [-0.25, -0.2) is 0 Å². The van der Waals surface area contributed by atoms with Gasteiger partial charge in [0.2, 0.25) is 0 Å². The van der Waals surface area contributed by atoms with Crippen molar-refractivity contribution in [3.8, 4) is 0 Å². The highest BCUT2D eigenvalue weighted by Crippen LogP contribution is 2.44. The second-order valence-electron chi connectivity index (χ2n) is 10.2. The third-order valence-electron chi connectivity index (χ3n) is 8.00. The van der Waals surface area contributed by atoms with Crippen LogP contribution in [-0.2, 0) is 15.0 Å². The zero-order chi connectivity index (χ0) is 27.2. The predicted octanol–water partition coefficient (Wildman–Crippen LogP) is 6.58. The van der Waals surface area contributed by atoms with Crippen molar-refractivity contribution in [2.75, 3.05) is 32.9 Å². The van der Waals surface area contributed by atoms with Crippen LogP contribution in [0.15, 0.2) is 133 Å². The summed E-state index contributed by atoms with van der Waals surface area (Å²) in [5, 5.41) is 12.0. The molecule has 2 atom stereocenters.